The predicted molar refractivity (Wildman–Crippen MR) is 101 cm³/mol. The third-order valence-electron chi connectivity index (χ3n) is 2.80. The van der Waals surface area contributed by atoms with E-state index in [4.69, 9.17) is 10.00 Å². The quantitative estimate of drug-likeness (QED) is 0.407. The third kappa shape index (κ3) is 7.50. The smallest absolute Gasteiger partial charge is 0.191 e. The maximum atomic E-state index is 8.94. The summed E-state index contributed by atoms with van der Waals surface area (Å²) >= 11 is 0. The first kappa shape index (κ1) is 20.5. The fourth-order valence-corrected chi connectivity index (χ4v) is 1.76. The topological polar surface area (TPSA) is 69.4 Å². The molecule has 22 heavy (non-hydrogen) atoms. The van der Waals surface area contributed by atoms with E-state index in [0.29, 0.717) is 18.7 Å². The van der Waals surface area contributed by atoms with Crippen LogP contribution in [0.15, 0.2) is 29.3 Å². The summed E-state index contributed by atoms with van der Waals surface area (Å²) in [7, 11) is 0. The number of benzene rings is 1. The number of guanidine groups is 1. The van der Waals surface area contributed by atoms with Crippen molar-refractivity contribution in [1.82, 2.24) is 10.6 Å². The first-order valence-electron chi connectivity index (χ1n) is 7.40. The van der Waals surface area contributed by atoms with E-state index in [0.717, 1.165) is 24.6 Å². The van der Waals surface area contributed by atoms with Crippen molar-refractivity contribution >= 4 is 29.9 Å². The van der Waals surface area contributed by atoms with Gasteiger partial charge in [0.05, 0.1) is 6.54 Å². The fourth-order valence-electron chi connectivity index (χ4n) is 1.76. The van der Waals surface area contributed by atoms with Crippen molar-refractivity contribution in [1.29, 1.82) is 5.26 Å². The normalized spacial score (nSPS) is 10.6. The van der Waals surface area contributed by atoms with Crippen LogP contribution in [0.1, 0.15) is 32.8 Å². The zero-order valence-corrected chi connectivity index (χ0v) is 15.8. The van der Waals surface area contributed by atoms with Gasteiger partial charge in [-0.15, -0.1) is 24.0 Å². The summed E-state index contributed by atoms with van der Waals surface area (Å²) in [5.41, 5.74) is 1.05. The van der Waals surface area contributed by atoms with Crippen molar-refractivity contribution in [2.45, 2.75) is 39.8 Å². The first-order valence-corrected chi connectivity index (χ1v) is 7.40. The highest BCUT2D eigenvalue weighted by atomic mass is 127. The van der Waals surface area contributed by atoms with Crippen molar-refractivity contribution in [2.24, 2.45) is 4.99 Å². The average Bonchev–Trinajstić information content (AvgIpc) is 2.51. The van der Waals surface area contributed by atoms with Gasteiger partial charge in [-0.05, 0) is 38.0 Å². The molecule has 5 nitrogen and oxygen atoms in total. The van der Waals surface area contributed by atoms with Gasteiger partial charge in [0.2, 0.25) is 0 Å². The van der Waals surface area contributed by atoms with Gasteiger partial charge >= 0.3 is 0 Å². The number of hydrogen-bond donors (Lipinski definition) is 2. The number of hydrogen-bond acceptors (Lipinski definition) is 3. The molecule has 0 fully saturated rings. The second-order valence-corrected chi connectivity index (χ2v) is 4.52. The Hall–Kier alpha value is -1.49. The third-order valence-corrected chi connectivity index (χ3v) is 2.80. The summed E-state index contributed by atoms with van der Waals surface area (Å²) in [5, 5.41) is 15.3. The molecule has 0 bridgehead atoms. The summed E-state index contributed by atoms with van der Waals surface area (Å²) in [6.07, 6.45) is 0.270. The minimum absolute atomic E-state index is 0. The first-order chi connectivity index (χ1) is 10.2. The summed E-state index contributed by atoms with van der Waals surface area (Å²) in [4.78, 5) is 4.51. The van der Waals surface area contributed by atoms with Crippen LogP contribution < -0.4 is 15.4 Å². The minimum atomic E-state index is -0.400. The van der Waals surface area contributed by atoms with Crippen LogP contribution in [-0.4, -0.2) is 25.2 Å². The van der Waals surface area contributed by atoms with Crippen molar-refractivity contribution in [3.8, 4) is 11.8 Å². The molecule has 6 heteroatoms. The van der Waals surface area contributed by atoms with E-state index < -0.39 is 6.10 Å². The summed E-state index contributed by atoms with van der Waals surface area (Å²) in [6, 6.07) is 9.85. The van der Waals surface area contributed by atoms with E-state index in [2.05, 4.69) is 21.7 Å². The van der Waals surface area contributed by atoms with Crippen LogP contribution in [-0.2, 0) is 6.54 Å². The molecule has 1 unspecified atom stereocenters. The lowest BCUT2D eigenvalue weighted by Crippen LogP contribution is -2.36. The molecule has 0 aliphatic rings. The molecule has 1 rings (SSSR count). The van der Waals surface area contributed by atoms with E-state index in [9.17, 15) is 0 Å². The second-order valence-electron chi connectivity index (χ2n) is 4.52. The minimum Gasteiger partial charge on any atom is -0.476 e. The van der Waals surface area contributed by atoms with Gasteiger partial charge in [0.25, 0.3) is 0 Å². The molecule has 1 aromatic rings. The second kappa shape index (κ2) is 12.1. The van der Waals surface area contributed by atoms with Gasteiger partial charge in [-0.25, -0.2) is 4.99 Å². The molecule has 1 atom stereocenters. The number of nitrogens with one attached hydrogen (secondary N) is 2. The van der Waals surface area contributed by atoms with Gasteiger partial charge in [-0.1, -0.05) is 19.1 Å². The molecule has 0 saturated heterocycles. The molecule has 0 saturated carbocycles. The van der Waals surface area contributed by atoms with E-state index in [1.807, 2.05) is 45.0 Å². The SMILES string of the molecule is CCNC(=NCc1cccc(OC(C#N)CC)c1)NCC.I. The monoisotopic (exact) mass is 416 g/mol. The summed E-state index contributed by atoms with van der Waals surface area (Å²) in [5.74, 6) is 1.51. The Bertz CT molecular complexity index is 491. The zero-order chi connectivity index (χ0) is 15.5. The molecule has 0 aliphatic heterocycles. The standard InChI is InChI=1S/C16H24N4O.HI/c1-4-14(11-17)21-15-9-7-8-13(10-15)12-20-16(18-5-2)19-6-3;/h7-10,14H,4-6,12H2,1-3H3,(H2,18,19,20);1H. The summed E-state index contributed by atoms with van der Waals surface area (Å²) in [6.45, 7) is 8.23. The van der Waals surface area contributed by atoms with Crippen molar-refractivity contribution < 1.29 is 4.74 Å². The molecule has 0 aromatic heterocycles. The number of rotatable bonds is 7. The molecule has 0 radical (unpaired) electrons. The Morgan fingerprint density at radius 3 is 2.50 bits per heavy atom. The van der Waals surface area contributed by atoms with Gasteiger partial charge in [0.1, 0.15) is 11.8 Å². The molecular weight excluding hydrogens is 391 g/mol. The molecule has 1 aromatic carbocycles. The van der Waals surface area contributed by atoms with Crippen LogP contribution in [0.2, 0.25) is 0 Å². The largest absolute Gasteiger partial charge is 0.476 e. The van der Waals surface area contributed by atoms with Crippen LogP contribution in [0.4, 0.5) is 0 Å². The highest BCUT2D eigenvalue weighted by Gasteiger charge is 2.06. The van der Waals surface area contributed by atoms with Gasteiger partial charge in [-0.3, -0.25) is 0 Å². The van der Waals surface area contributed by atoms with Crippen LogP contribution in [0, 0.1) is 11.3 Å². The Labute approximate surface area is 150 Å². The predicted octanol–water partition coefficient (Wildman–Crippen LogP) is 3.06. The summed E-state index contributed by atoms with van der Waals surface area (Å²) < 4.78 is 5.61. The molecular formula is C16H25IN4O. The fraction of sp³-hybridized carbons (Fsp3) is 0.500. The Morgan fingerprint density at radius 2 is 1.95 bits per heavy atom. The highest BCUT2D eigenvalue weighted by Crippen LogP contribution is 2.16. The van der Waals surface area contributed by atoms with Crippen LogP contribution in [0.3, 0.4) is 0 Å². The van der Waals surface area contributed by atoms with Crippen LogP contribution in [0.25, 0.3) is 0 Å². The highest BCUT2D eigenvalue weighted by molar-refractivity contribution is 14.0. The average molecular weight is 416 g/mol. The van der Waals surface area contributed by atoms with Gasteiger partial charge in [0.15, 0.2) is 12.1 Å². The van der Waals surface area contributed by atoms with E-state index in [1.165, 1.54) is 0 Å². The van der Waals surface area contributed by atoms with Crippen molar-refractivity contribution in [3.63, 3.8) is 0 Å². The lowest BCUT2D eigenvalue weighted by Gasteiger charge is -2.11. The van der Waals surface area contributed by atoms with Crippen LogP contribution >= 0.6 is 24.0 Å². The molecule has 122 valence electrons. The molecule has 0 amide bonds. The number of halogens is 1. The molecule has 2 N–H and O–H groups in total. The number of nitrogens with zero attached hydrogens (tertiary/aromatic N) is 2. The lowest BCUT2D eigenvalue weighted by atomic mass is 10.2. The van der Waals surface area contributed by atoms with E-state index in [-0.39, 0.29) is 24.0 Å². The molecule has 0 heterocycles. The number of aliphatic imine (C=N–C) groups is 1. The zero-order valence-electron chi connectivity index (χ0n) is 13.4. The van der Waals surface area contributed by atoms with E-state index in [1.54, 1.807) is 0 Å². The molecule has 0 aliphatic carbocycles. The van der Waals surface area contributed by atoms with Gasteiger partial charge in [-0.2, -0.15) is 5.26 Å². The molecule has 0 spiro atoms. The lowest BCUT2D eigenvalue weighted by molar-refractivity contribution is 0.251. The van der Waals surface area contributed by atoms with Gasteiger partial charge < -0.3 is 15.4 Å². The van der Waals surface area contributed by atoms with Crippen molar-refractivity contribution in [2.75, 3.05) is 13.1 Å². The number of ether oxygens (including phenoxy) is 1. The van der Waals surface area contributed by atoms with Crippen LogP contribution in [0.5, 0.6) is 5.75 Å². The van der Waals surface area contributed by atoms with E-state index >= 15 is 0 Å². The van der Waals surface area contributed by atoms with Gasteiger partial charge in [0, 0.05) is 13.1 Å². The number of nitriles is 1. The maximum absolute atomic E-state index is 8.94. The Kier molecular flexibility index (Phi) is 11.3. The maximum Gasteiger partial charge on any atom is 0.191 e. The Balaban J connectivity index is 0.00000441. The van der Waals surface area contributed by atoms with Crippen molar-refractivity contribution in [3.05, 3.63) is 29.8 Å². The Morgan fingerprint density at radius 1 is 1.27 bits per heavy atom.